The molecular weight excluding hydrogens is 471 g/mol. The zero-order valence-corrected chi connectivity index (χ0v) is 18.4. The molecule has 160 valence electrons. The van der Waals surface area contributed by atoms with Crippen LogP contribution in [0.1, 0.15) is 31.1 Å². The molecule has 0 fully saturated rings. The maximum atomic E-state index is 14.0. The van der Waals surface area contributed by atoms with E-state index in [2.05, 4.69) is 21.2 Å². The molecule has 31 heavy (non-hydrogen) atoms. The van der Waals surface area contributed by atoms with E-state index in [0.717, 1.165) is 0 Å². The molecule has 3 aromatic rings. The zero-order valence-electron chi connectivity index (χ0n) is 16.9. The lowest BCUT2D eigenvalue weighted by Crippen LogP contribution is -2.13. The smallest absolute Gasteiger partial charge is 0.340 e. The summed E-state index contributed by atoms with van der Waals surface area (Å²) >= 11 is 3.15. The van der Waals surface area contributed by atoms with Crippen molar-refractivity contribution in [2.75, 3.05) is 19.5 Å². The number of aromatic nitrogens is 1. The molecule has 0 unspecified atom stereocenters. The first-order chi connectivity index (χ1) is 14.8. The van der Waals surface area contributed by atoms with Gasteiger partial charge in [-0.1, -0.05) is 28.1 Å². The van der Waals surface area contributed by atoms with Crippen LogP contribution in [0.15, 0.2) is 53.1 Å². The van der Waals surface area contributed by atoms with Gasteiger partial charge in [-0.25, -0.2) is 14.0 Å². The maximum absolute atomic E-state index is 14.0. The average Bonchev–Trinajstić information content (AvgIpc) is 3.10. The van der Waals surface area contributed by atoms with Crippen molar-refractivity contribution in [3.63, 3.8) is 0 Å². The summed E-state index contributed by atoms with van der Waals surface area (Å²) in [5.41, 5.74) is 1.54. The van der Waals surface area contributed by atoms with Crippen LogP contribution in [0.3, 0.4) is 0 Å². The van der Waals surface area contributed by atoms with Gasteiger partial charge in [0, 0.05) is 23.4 Å². The van der Waals surface area contributed by atoms with Crippen molar-refractivity contribution in [1.29, 1.82) is 0 Å². The van der Waals surface area contributed by atoms with Crippen LogP contribution in [0.25, 0.3) is 11.3 Å². The molecule has 9 heteroatoms. The van der Waals surface area contributed by atoms with Crippen LogP contribution in [0.2, 0.25) is 0 Å². The van der Waals surface area contributed by atoms with Crippen molar-refractivity contribution in [2.24, 2.45) is 7.05 Å². The molecular formula is C22H18BrFN2O5. The quantitative estimate of drug-likeness (QED) is 0.537. The fourth-order valence-electron chi connectivity index (χ4n) is 3.13. The van der Waals surface area contributed by atoms with E-state index in [-0.39, 0.29) is 16.7 Å². The second-order valence-electron chi connectivity index (χ2n) is 6.52. The van der Waals surface area contributed by atoms with Gasteiger partial charge in [0.1, 0.15) is 5.82 Å². The highest BCUT2D eigenvalue weighted by atomic mass is 79.9. The zero-order chi connectivity index (χ0) is 22.7. The van der Waals surface area contributed by atoms with E-state index >= 15 is 0 Å². The number of anilines is 1. The lowest BCUT2D eigenvalue weighted by atomic mass is 10.0. The summed E-state index contributed by atoms with van der Waals surface area (Å²) in [6.45, 7) is 0. The summed E-state index contributed by atoms with van der Waals surface area (Å²) in [6, 6.07) is 10.7. The van der Waals surface area contributed by atoms with E-state index in [9.17, 15) is 18.8 Å². The van der Waals surface area contributed by atoms with Crippen molar-refractivity contribution in [2.45, 2.75) is 0 Å². The molecule has 2 aromatic carbocycles. The van der Waals surface area contributed by atoms with Crippen molar-refractivity contribution in [3.8, 4) is 11.3 Å². The Morgan fingerprint density at radius 1 is 0.968 bits per heavy atom. The number of nitrogens with zero attached hydrogens (tertiary/aromatic N) is 1. The third-order valence-electron chi connectivity index (χ3n) is 4.57. The van der Waals surface area contributed by atoms with Gasteiger partial charge in [0.2, 0.25) is 0 Å². The van der Waals surface area contributed by atoms with Crippen LogP contribution in [0, 0.1) is 5.82 Å². The summed E-state index contributed by atoms with van der Waals surface area (Å²) in [5, 5.41) is 2.63. The van der Waals surface area contributed by atoms with Gasteiger partial charge in [-0.15, -0.1) is 0 Å². The van der Waals surface area contributed by atoms with Crippen molar-refractivity contribution in [1.82, 2.24) is 4.57 Å². The number of rotatable bonds is 5. The molecule has 0 atom stereocenters. The number of halogens is 2. The minimum atomic E-state index is -0.681. The molecule has 1 aromatic heterocycles. The van der Waals surface area contributed by atoms with Gasteiger partial charge in [0.25, 0.3) is 5.91 Å². The Kier molecular flexibility index (Phi) is 6.55. The molecule has 3 rings (SSSR count). The van der Waals surface area contributed by atoms with Crippen LogP contribution in [-0.2, 0) is 16.5 Å². The largest absolute Gasteiger partial charge is 0.465 e. The fourth-order valence-corrected chi connectivity index (χ4v) is 3.46. The highest BCUT2D eigenvalue weighted by Crippen LogP contribution is 2.30. The molecule has 0 aliphatic carbocycles. The summed E-state index contributed by atoms with van der Waals surface area (Å²) in [4.78, 5) is 36.8. The van der Waals surface area contributed by atoms with E-state index in [0.29, 0.717) is 21.4 Å². The minimum Gasteiger partial charge on any atom is -0.465 e. The van der Waals surface area contributed by atoms with Gasteiger partial charge in [0.15, 0.2) is 0 Å². The molecule has 0 saturated carbocycles. The first-order valence-corrected chi connectivity index (χ1v) is 9.79. The summed E-state index contributed by atoms with van der Waals surface area (Å²) in [6.07, 6.45) is 1.49. The minimum absolute atomic E-state index is 0.0746. The van der Waals surface area contributed by atoms with Crippen LogP contribution in [0.5, 0.6) is 0 Å². The number of methoxy groups -OCH3 is 2. The Labute approximate surface area is 185 Å². The summed E-state index contributed by atoms with van der Waals surface area (Å²) in [7, 11) is 4.13. The van der Waals surface area contributed by atoms with Gasteiger partial charge in [-0.05, 0) is 35.9 Å². The highest BCUT2D eigenvalue weighted by molar-refractivity contribution is 9.10. The molecule has 0 aliphatic heterocycles. The van der Waals surface area contributed by atoms with Crippen molar-refractivity contribution < 1.29 is 28.2 Å². The van der Waals surface area contributed by atoms with Gasteiger partial charge in [-0.3, -0.25) is 4.79 Å². The third-order valence-corrected chi connectivity index (χ3v) is 5.06. The Morgan fingerprint density at radius 2 is 1.61 bits per heavy atom. The lowest BCUT2D eigenvalue weighted by molar-refractivity contribution is 0.0557. The van der Waals surface area contributed by atoms with Gasteiger partial charge >= 0.3 is 11.9 Å². The van der Waals surface area contributed by atoms with Gasteiger partial charge in [-0.2, -0.15) is 0 Å². The molecule has 0 bridgehead atoms. The molecule has 0 aliphatic rings. The van der Waals surface area contributed by atoms with Crippen LogP contribution >= 0.6 is 15.9 Å². The second kappa shape index (κ2) is 9.13. The number of hydrogen-bond donors (Lipinski definition) is 1. The molecule has 7 nitrogen and oxygen atoms in total. The topological polar surface area (TPSA) is 86.6 Å². The predicted molar refractivity (Wildman–Crippen MR) is 116 cm³/mol. The number of aryl methyl sites for hydroxylation is 1. The third kappa shape index (κ3) is 4.51. The van der Waals surface area contributed by atoms with Crippen LogP contribution in [-0.4, -0.2) is 36.6 Å². The number of hydrogen-bond acceptors (Lipinski definition) is 5. The first-order valence-electron chi connectivity index (χ1n) is 8.99. The molecule has 1 amide bonds. The normalized spacial score (nSPS) is 10.5. The van der Waals surface area contributed by atoms with Crippen LogP contribution < -0.4 is 5.32 Å². The number of amides is 1. The monoisotopic (exact) mass is 488 g/mol. The van der Waals surface area contributed by atoms with E-state index in [1.165, 1.54) is 32.5 Å². The van der Waals surface area contributed by atoms with E-state index < -0.39 is 23.7 Å². The number of carbonyl (C=O) groups excluding carboxylic acids is 3. The van der Waals surface area contributed by atoms with E-state index in [1.807, 2.05) is 0 Å². The van der Waals surface area contributed by atoms with E-state index in [4.69, 9.17) is 9.47 Å². The van der Waals surface area contributed by atoms with Crippen molar-refractivity contribution >= 4 is 39.5 Å². The molecule has 1 heterocycles. The van der Waals surface area contributed by atoms with Gasteiger partial charge < -0.3 is 19.4 Å². The van der Waals surface area contributed by atoms with Gasteiger partial charge in [0.05, 0.1) is 36.6 Å². The Morgan fingerprint density at radius 3 is 2.19 bits per heavy atom. The Bertz CT molecular complexity index is 1170. The van der Waals surface area contributed by atoms with Crippen LogP contribution in [0.4, 0.5) is 10.1 Å². The Hall–Kier alpha value is -3.46. The number of nitrogens with one attached hydrogen (secondary N) is 1. The molecule has 1 N–H and O–H groups in total. The highest BCUT2D eigenvalue weighted by Gasteiger charge is 2.27. The standard InChI is InChI=1S/C22H18BrFN2O5/c1-26-11-16(21(28)30-2)18(22(29)31-3)19(26)12-4-7-14(8-5-12)25-20(27)15-9-6-13(23)10-17(15)24/h4-11H,1-3H3,(H,25,27). The number of ether oxygens (including phenoxy) is 2. The average molecular weight is 489 g/mol. The maximum Gasteiger partial charge on any atom is 0.340 e. The Balaban J connectivity index is 1.93. The SMILES string of the molecule is COC(=O)c1cn(C)c(-c2ccc(NC(=O)c3ccc(Br)cc3F)cc2)c1C(=O)OC. The molecule has 0 radical (unpaired) electrons. The van der Waals surface area contributed by atoms with Crippen molar-refractivity contribution in [3.05, 3.63) is 75.6 Å². The number of carbonyl (C=O) groups is 3. The predicted octanol–water partition coefficient (Wildman–Crippen LogP) is 4.42. The second-order valence-corrected chi connectivity index (χ2v) is 7.43. The lowest BCUT2D eigenvalue weighted by Gasteiger charge is -2.10. The number of esters is 2. The summed E-state index contributed by atoms with van der Waals surface area (Å²) < 4.78 is 25.7. The molecule has 0 spiro atoms. The van der Waals surface area contributed by atoms with E-state index in [1.54, 1.807) is 41.9 Å². The summed E-state index contributed by atoms with van der Waals surface area (Å²) in [5.74, 6) is -2.59. The first kappa shape index (κ1) is 22.2. The molecule has 0 saturated heterocycles. The number of benzene rings is 2. The fraction of sp³-hybridized carbons (Fsp3) is 0.136.